The normalized spacial score (nSPS) is 18.3. The molecule has 3 aromatic carbocycles. The van der Waals surface area contributed by atoms with E-state index in [4.69, 9.17) is 33.3 Å². The van der Waals surface area contributed by atoms with Gasteiger partial charge in [-0.15, -0.1) is 0 Å². The van der Waals surface area contributed by atoms with Crippen LogP contribution in [0.2, 0.25) is 10.0 Å². The maximum Gasteiger partial charge on any atom is 0.146 e. The molecule has 0 spiro atoms. The van der Waals surface area contributed by atoms with Crippen LogP contribution in [0, 0.1) is 6.92 Å². The van der Waals surface area contributed by atoms with Gasteiger partial charge < -0.3 is 0 Å². The van der Waals surface area contributed by atoms with Gasteiger partial charge in [0.05, 0.1) is 10.7 Å². The van der Waals surface area contributed by atoms with Crippen LogP contribution in [0.3, 0.4) is 0 Å². The molecule has 1 aromatic heterocycles. The lowest BCUT2D eigenvalue weighted by Crippen LogP contribution is -2.16. The number of hydrogen-bond acceptors (Lipinski definition) is 4. The largest absolute Gasteiger partial charge is 0.297 e. The second-order valence-electron chi connectivity index (χ2n) is 8.83. The second-order valence-corrected chi connectivity index (χ2v) is 11.7. The van der Waals surface area contributed by atoms with Crippen molar-refractivity contribution < 1.29 is 0 Å². The van der Waals surface area contributed by atoms with Crippen molar-refractivity contribution in [2.24, 2.45) is 5.10 Å². The summed E-state index contributed by atoms with van der Waals surface area (Å²) in [6.07, 6.45) is 2.18. The highest BCUT2D eigenvalue weighted by Gasteiger charge is 2.51. The Labute approximate surface area is 226 Å². The van der Waals surface area contributed by atoms with Gasteiger partial charge in [-0.05, 0) is 73.9 Å². The van der Waals surface area contributed by atoms with Gasteiger partial charge in [0.15, 0.2) is 0 Å². The number of thioether (sulfide) groups is 1. The van der Waals surface area contributed by atoms with Crippen molar-refractivity contribution in [1.29, 1.82) is 0 Å². The van der Waals surface area contributed by atoms with Crippen LogP contribution in [0.15, 0.2) is 82.4 Å². The molecule has 176 valence electrons. The second kappa shape index (κ2) is 9.00. The number of halogens is 3. The SMILES string of the molecule is Cc1c(C2NN=C(C3(c4ccc(Cl)cc4)CC3)S2)nc(-c2ccccc2Cl)n1-c1ccc(Br)cc1. The van der Waals surface area contributed by atoms with Gasteiger partial charge in [-0.25, -0.2) is 4.98 Å². The van der Waals surface area contributed by atoms with Crippen molar-refractivity contribution in [1.82, 2.24) is 15.0 Å². The minimum Gasteiger partial charge on any atom is -0.297 e. The topological polar surface area (TPSA) is 42.2 Å². The zero-order chi connectivity index (χ0) is 24.2. The van der Waals surface area contributed by atoms with Gasteiger partial charge in [0.1, 0.15) is 16.2 Å². The molecule has 1 N–H and O–H groups in total. The maximum absolute atomic E-state index is 6.62. The van der Waals surface area contributed by atoms with E-state index in [0.717, 1.165) is 55.8 Å². The molecule has 0 bridgehead atoms. The van der Waals surface area contributed by atoms with E-state index < -0.39 is 0 Å². The average molecular weight is 584 g/mol. The van der Waals surface area contributed by atoms with E-state index in [-0.39, 0.29) is 10.8 Å². The first-order valence-corrected chi connectivity index (χ1v) is 13.8. The number of hydrogen-bond donors (Lipinski definition) is 1. The van der Waals surface area contributed by atoms with E-state index >= 15 is 0 Å². The highest BCUT2D eigenvalue weighted by molar-refractivity contribution is 9.10. The van der Waals surface area contributed by atoms with Crippen LogP contribution in [0.1, 0.15) is 35.2 Å². The number of benzene rings is 3. The van der Waals surface area contributed by atoms with Crippen molar-refractivity contribution in [2.75, 3.05) is 0 Å². The Hall–Kier alpha value is -2.25. The molecule has 0 radical (unpaired) electrons. The number of rotatable bonds is 5. The third-order valence-electron chi connectivity index (χ3n) is 6.66. The standard InChI is InChI=1S/C27H21BrCl2N4S/c1-16-23(25-32-33-26(35-25)27(14-15-27)17-6-10-19(29)11-7-17)31-24(21-4-2-3-5-22(21)30)34(16)20-12-8-18(28)9-13-20/h2-13,25,32H,14-15H2,1H3. The average Bonchev–Trinajstić information content (AvgIpc) is 3.39. The number of imidazole rings is 1. The van der Waals surface area contributed by atoms with Crippen LogP contribution in [0.5, 0.6) is 0 Å². The van der Waals surface area contributed by atoms with Gasteiger partial charge in [-0.1, -0.05) is 75.2 Å². The lowest BCUT2D eigenvalue weighted by molar-refractivity contribution is 0.718. The third kappa shape index (κ3) is 4.10. The first-order chi connectivity index (χ1) is 17.0. The van der Waals surface area contributed by atoms with Crippen LogP contribution in [-0.4, -0.2) is 14.6 Å². The Morgan fingerprint density at radius 1 is 1.00 bits per heavy atom. The summed E-state index contributed by atoms with van der Waals surface area (Å²) in [5, 5.41) is 7.26. The predicted octanol–water partition coefficient (Wildman–Crippen LogP) is 8.30. The van der Waals surface area contributed by atoms with Crippen LogP contribution in [0.4, 0.5) is 0 Å². The minimum atomic E-state index is -0.0762. The quantitative estimate of drug-likeness (QED) is 0.257. The molecule has 1 atom stereocenters. The molecule has 35 heavy (non-hydrogen) atoms. The van der Waals surface area contributed by atoms with E-state index in [1.807, 2.05) is 48.5 Å². The summed E-state index contributed by atoms with van der Waals surface area (Å²) in [4.78, 5) is 5.14. The Morgan fingerprint density at radius 2 is 1.71 bits per heavy atom. The molecule has 6 rings (SSSR count). The predicted molar refractivity (Wildman–Crippen MR) is 150 cm³/mol. The van der Waals surface area contributed by atoms with Crippen molar-refractivity contribution in [2.45, 2.75) is 30.6 Å². The highest BCUT2D eigenvalue weighted by Crippen LogP contribution is 2.55. The molecule has 1 aliphatic heterocycles. The Morgan fingerprint density at radius 3 is 2.40 bits per heavy atom. The number of hydrazone groups is 1. The lowest BCUT2D eigenvalue weighted by Gasteiger charge is -2.15. The fourth-order valence-corrected chi connectivity index (χ4v) is 6.56. The van der Waals surface area contributed by atoms with Crippen molar-refractivity contribution >= 4 is 55.9 Å². The molecule has 1 saturated carbocycles. The zero-order valence-corrected chi connectivity index (χ0v) is 22.7. The van der Waals surface area contributed by atoms with Gasteiger partial charge in [0.25, 0.3) is 0 Å². The summed E-state index contributed by atoms with van der Waals surface area (Å²) >= 11 is 18.0. The first-order valence-electron chi connectivity index (χ1n) is 11.3. The molecule has 2 heterocycles. The van der Waals surface area contributed by atoms with Crippen LogP contribution in [0.25, 0.3) is 17.1 Å². The summed E-state index contributed by atoms with van der Waals surface area (Å²) in [6.45, 7) is 2.11. The molecular formula is C27H21BrCl2N4S. The van der Waals surface area contributed by atoms with Gasteiger partial charge >= 0.3 is 0 Å². The molecular weight excluding hydrogens is 563 g/mol. The van der Waals surface area contributed by atoms with E-state index in [0.29, 0.717) is 5.02 Å². The number of nitrogens with one attached hydrogen (secondary N) is 1. The maximum atomic E-state index is 6.62. The molecule has 2 aliphatic rings. The molecule has 4 aromatic rings. The van der Waals surface area contributed by atoms with Crippen LogP contribution in [-0.2, 0) is 5.41 Å². The molecule has 8 heteroatoms. The monoisotopic (exact) mass is 582 g/mol. The molecule has 1 aliphatic carbocycles. The van der Waals surface area contributed by atoms with Gasteiger partial charge in [0, 0.05) is 31.9 Å². The smallest absolute Gasteiger partial charge is 0.146 e. The minimum absolute atomic E-state index is 0.0231. The Bertz CT molecular complexity index is 1440. The highest BCUT2D eigenvalue weighted by atomic mass is 79.9. The molecule has 1 unspecified atom stereocenters. The number of aromatic nitrogens is 2. The summed E-state index contributed by atoms with van der Waals surface area (Å²) in [7, 11) is 0. The summed E-state index contributed by atoms with van der Waals surface area (Å²) in [6, 6.07) is 24.2. The molecule has 0 amide bonds. The van der Waals surface area contributed by atoms with E-state index in [2.05, 4.69) is 57.1 Å². The Kier molecular flexibility index (Phi) is 5.96. The molecule has 4 nitrogen and oxygen atoms in total. The van der Waals surface area contributed by atoms with E-state index in [9.17, 15) is 0 Å². The third-order valence-corrected chi connectivity index (χ3v) is 9.04. The van der Waals surface area contributed by atoms with E-state index in [1.165, 1.54) is 5.56 Å². The fourth-order valence-electron chi connectivity index (χ4n) is 4.63. The summed E-state index contributed by atoms with van der Waals surface area (Å²) in [5.74, 6) is 0.820. The van der Waals surface area contributed by atoms with Gasteiger partial charge in [-0.3, -0.25) is 9.99 Å². The first kappa shape index (κ1) is 23.2. The van der Waals surface area contributed by atoms with Crippen molar-refractivity contribution in [3.63, 3.8) is 0 Å². The summed E-state index contributed by atoms with van der Waals surface area (Å²) in [5.41, 5.74) is 8.55. The van der Waals surface area contributed by atoms with Crippen molar-refractivity contribution in [3.05, 3.63) is 104 Å². The van der Waals surface area contributed by atoms with Crippen molar-refractivity contribution in [3.8, 4) is 17.1 Å². The molecule has 0 saturated heterocycles. The number of nitrogens with zero attached hydrogens (tertiary/aromatic N) is 3. The Balaban J connectivity index is 1.38. The van der Waals surface area contributed by atoms with Gasteiger partial charge in [-0.2, -0.15) is 5.10 Å². The summed E-state index contributed by atoms with van der Waals surface area (Å²) < 4.78 is 3.21. The fraction of sp³-hybridized carbons (Fsp3) is 0.185. The zero-order valence-electron chi connectivity index (χ0n) is 18.8. The molecule has 1 fully saturated rings. The van der Waals surface area contributed by atoms with Crippen LogP contribution >= 0.6 is 50.9 Å². The lowest BCUT2D eigenvalue weighted by atomic mass is 9.97. The van der Waals surface area contributed by atoms with E-state index in [1.54, 1.807) is 11.8 Å². The van der Waals surface area contributed by atoms with Crippen LogP contribution < -0.4 is 5.43 Å². The van der Waals surface area contributed by atoms with Gasteiger partial charge in [0.2, 0.25) is 0 Å².